The summed E-state index contributed by atoms with van der Waals surface area (Å²) in [5.41, 5.74) is 5.72. The van der Waals surface area contributed by atoms with Gasteiger partial charge in [-0.1, -0.05) is 13.8 Å². The lowest BCUT2D eigenvalue weighted by Gasteiger charge is -2.29. The molecule has 1 aliphatic heterocycles. The first-order valence-corrected chi connectivity index (χ1v) is 5.13. The molecule has 2 amide bonds. The Morgan fingerprint density at radius 3 is 2.36 bits per heavy atom. The Balaban J connectivity index is 2.59. The molecule has 2 N–H and O–H groups in total. The van der Waals surface area contributed by atoms with E-state index in [1.54, 1.807) is 0 Å². The van der Waals surface area contributed by atoms with Gasteiger partial charge in [0.1, 0.15) is 0 Å². The van der Waals surface area contributed by atoms with Gasteiger partial charge in [0.25, 0.3) is 0 Å². The molecule has 0 aliphatic carbocycles. The van der Waals surface area contributed by atoms with Crippen LogP contribution in [-0.4, -0.2) is 29.3 Å². The largest absolute Gasteiger partial charge is 0.326 e. The highest BCUT2D eigenvalue weighted by molar-refractivity contribution is 5.97. The summed E-state index contributed by atoms with van der Waals surface area (Å²) < 4.78 is 0. The Morgan fingerprint density at radius 2 is 1.93 bits per heavy atom. The first-order valence-electron chi connectivity index (χ1n) is 5.13. The number of likely N-dealkylation sites (tertiary alicyclic amines) is 1. The van der Waals surface area contributed by atoms with Gasteiger partial charge in [0, 0.05) is 25.4 Å². The highest BCUT2D eigenvalue weighted by atomic mass is 16.2. The molecule has 0 saturated carbocycles. The van der Waals surface area contributed by atoms with Crippen molar-refractivity contribution >= 4 is 11.8 Å². The average Bonchev–Trinajstić information content (AvgIpc) is 2.10. The van der Waals surface area contributed by atoms with Gasteiger partial charge in [-0.05, 0) is 12.3 Å². The molecule has 80 valence electrons. The summed E-state index contributed by atoms with van der Waals surface area (Å²) in [4.78, 5) is 24.3. The van der Waals surface area contributed by atoms with Crippen LogP contribution in [0.15, 0.2) is 0 Å². The van der Waals surface area contributed by atoms with E-state index in [4.69, 9.17) is 5.73 Å². The van der Waals surface area contributed by atoms with Crippen LogP contribution in [0.5, 0.6) is 0 Å². The number of nitrogens with zero attached hydrogens (tertiary/aromatic N) is 1. The molecule has 1 heterocycles. The van der Waals surface area contributed by atoms with Crippen LogP contribution in [-0.2, 0) is 9.59 Å². The third kappa shape index (κ3) is 2.54. The minimum atomic E-state index is -0.0868. The van der Waals surface area contributed by atoms with Crippen LogP contribution in [0.4, 0.5) is 0 Å². The summed E-state index contributed by atoms with van der Waals surface area (Å²) in [6.45, 7) is 4.25. The fraction of sp³-hybridized carbons (Fsp3) is 0.800. The van der Waals surface area contributed by atoms with Crippen molar-refractivity contribution in [3.8, 4) is 0 Å². The van der Waals surface area contributed by atoms with Gasteiger partial charge in [0.2, 0.25) is 11.8 Å². The van der Waals surface area contributed by atoms with E-state index in [9.17, 15) is 9.59 Å². The minimum absolute atomic E-state index is 0.0716. The first kappa shape index (κ1) is 11.2. The van der Waals surface area contributed by atoms with Crippen molar-refractivity contribution in [2.75, 3.05) is 6.54 Å². The van der Waals surface area contributed by atoms with Gasteiger partial charge in [0.05, 0.1) is 0 Å². The van der Waals surface area contributed by atoms with E-state index in [-0.39, 0.29) is 23.8 Å². The zero-order valence-electron chi connectivity index (χ0n) is 8.82. The Labute approximate surface area is 84.4 Å². The first-order chi connectivity index (χ1) is 6.54. The number of amides is 2. The van der Waals surface area contributed by atoms with Gasteiger partial charge in [0.15, 0.2) is 0 Å². The molecule has 14 heavy (non-hydrogen) atoms. The lowest BCUT2D eigenvalue weighted by molar-refractivity contribution is -0.150. The van der Waals surface area contributed by atoms with E-state index >= 15 is 0 Å². The fourth-order valence-corrected chi connectivity index (χ4v) is 1.60. The molecule has 0 radical (unpaired) electrons. The SMILES string of the molecule is CCC(N)CN1C(=O)CC(C)CC1=O. The molecule has 0 aromatic rings. The molecule has 1 rings (SSSR count). The molecule has 1 atom stereocenters. The number of hydrogen-bond donors (Lipinski definition) is 1. The maximum atomic E-state index is 11.5. The quantitative estimate of drug-likeness (QED) is 0.672. The smallest absolute Gasteiger partial charge is 0.229 e. The third-order valence-corrected chi connectivity index (χ3v) is 2.59. The average molecular weight is 198 g/mol. The van der Waals surface area contributed by atoms with E-state index in [1.165, 1.54) is 4.90 Å². The van der Waals surface area contributed by atoms with Crippen molar-refractivity contribution < 1.29 is 9.59 Å². The van der Waals surface area contributed by atoms with Gasteiger partial charge in [-0.2, -0.15) is 0 Å². The topological polar surface area (TPSA) is 63.4 Å². The second-order valence-corrected chi connectivity index (χ2v) is 4.08. The predicted molar refractivity (Wildman–Crippen MR) is 53.4 cm³/mol. The van der Waals surface area contributed by atoms with Crippen molar-refractivity contribution in [2.45, 2.75) is 39.2 Å². The lowest BCUT2D eigenvalue weighted by atomic mass is 9.97. The second kappa shape index (κ2) is 4.55. The molecule has 1 saturated heterocycles. The molecule has 1 fully saturated rings. The van der Waals surface area contributed by atoms with E-state index in [1.807, 2.05) is 13.8 Å². The second-order valence-electron chi connectivity index (χ2n) is 4.08. The van der Waals surface area contributed by atoms with Crippen LogP contribution in [0.2, 0.25) is 0 Å². The van der Waals surface area contributed by atoms with Crippen LogP contribution < -0.4 is 5.73 Å². The summed E-state index contributed by atoms with van der Waals surface area (Å²) in [5, 5.41) is 0. The van der Waals surface area contributed by atoms with Crippen LogP contribution >= 0.6 is 0 Å². The van der Waals surface area contributed by atoms with Gasteiger partial charge < -0.3 is 5.73 Å². The Hall–Kier alpha value is -0.900. The molecular weight excluding hydrogens is 180 g/mol. The summed E-state index contributed by atoms with van der Waals surface area (Å²) >= 11 is 0. The fourth-order valence-electron chi connectivity index (χ4n) is 1.60. The van der Waals surface area contributed by atoms with Gasteiger partial charge >= 0.3 is 0 Å². The highest BCUT2D eigenvalue weighted by Crippen LogP contribution is 2.18. The van der Waals surface area contributed by atoms with Crippen LogP contribution in [0.3, 0.4) is 0 Å². The Bertz CT molecular complexity index is 222. The van der Waals surface area contributed by atoms with Gasteiger partial charge in [-0.15, -0.1) is 0 Å². The number of carbonyl (C=O) groups excluding carboxylic acids is 2. The molecule has 4 heteroatoms. The van der Waals surface area contributed by atoms with E-state index in [0.29, 0.717) is 19.4 Å². The minimum Gasteiger partial charge on any atom is -0.326 e. The standard InChI is InChI=1S/C10H18N2O2/c1-3-8(11)6-12-9(13)4-7(2)5-10(12)14/h7-8H,3-6,11H2,1-2H3. The molecule has 1 unspecified atom stereocenters. The predicted octanol–water partition coefficient (Wildman–Crippen LogP) is 0.509. The molecule has 0 bridgehead atoms. The Kier molecular flexibility index (Phi) is 3.63. The molecular formula is C10H18N2O2. The number of piperidine rings is 1. The number of carbonyl (C=O) groups is 2. The Morgan fingerprint density at radius 1 is 1.43 bits per heavy atom. The molecule has 0 aromatic carbocycles. The number of imide groups is 1. The van der Waals surface area contributed by atoms with E-state index in [2.05, 4.69) is 0 Å². The number of rotatable bonds is 3. The molecule has 1 aliphatic rings. The molecule has 4 nitrogen and oxygen atoms in total. The normalized spacial score (nSPS) is 21.5. The van der Waals surface area contributed by atoms with E-state index < -0.39 is 0 Å². The monoisotopic (exact) mass is 198 g/mol. The third-order valence-electron chi connectivity index (χ3n) is 2.59. The maximum Gasteiger partial charge on any atom is 0.229 e. The van der Waals surface area contributed by atoms with E-state index in [0.717, 1.165) is 6.42 Å². The van der Waals surface area contributed by atoms with Crippen LogP contribution in [0, 0.1) is 5.92 Å². The van der Waals surface area contributed by atoms with Crippen LogP contribution in [0.25, 0.3) is 0 Å². The number of hydrogen-bond acceptors (Lipinski definition) is 3. The maximum absolute atomic E-state index is 11.5. The summed E-state index contributed by atoms with van der Waals surface area (Å²) in [6.07, 6.45) is 1.73. The zero-order chi connectivity index (χ0) is 10.7. The van der Waals surface area contributed by atoms with Crippen molar-refractivity contribution in [1.29, 1.82) is 0 Å². The lowest BCUT2D eigenvalue weighted by Crippen LogP contribution is -2.48. The van der Waals surface area contributed by atoms with Crippen molar-refractivity contribution in [3.63, 3.8) is 0 Å². The van der Waals surface area contributed by atoms with Gasteiger partial charge in [-0.25, -0.2) is 0 Å². The van der Waals surface area contributed by atoms with Crippen molar-refractivity contribution in [1.82, 2.24) is 4.90 Å². The van der Waals surface area contributed by atoms with Gasteiger partial charge in [-0.3, -0.25) is 14.5 Å². The number of nitrogens with two attached hydrogens (primary N) is 1. The van der Waals surface area contributed by atoms with Crippen molar-refractivity contribution in [3.05, 3.63) is 0 Å². The molecule has 0 aromatic heterocycles. The highest BCUT2D eigenvalue weighted by Gasteiger charge is 2.30. The summed E-state index contributed by atoms with van der Waals surface area (Å²) in [7, 11) is 0. The zero-order valence-corrected chi connectivity index (χ0v) is 8.82. The summed E-state index contributed by atoms with van der Waals surface area (Å²) in [6, 6.07) is -0.0868. The molecule has 0 spiro atoms. The van der Waals surface area contributed by atoms with Crippen molar-refractivity contribution in [2.24, 2.45) is 11.7 Å². The summed E-state index contributed by atoms with van der Waals surface area (Å²) in [5.74, 6) is 0.0411. The van der Waals surface area contributed by atoms with Crippen LogP contribution in [0.1, 0.15) is 33.1 Å².